The first-order chi connectivity index (χ1) is 16.7. The van der Waals surface area contributed by atoms with E-state index in [1.165, 1.54) is 22.8 Å². The molecule has 2 atom stereocenters. The van der Waals surface area contributed by atoms with Gasteiger partial charge in [0.15, 0.2) is 0 Å². The Balaban J connectivity index is 1.45. The summed E-state index contributed by atoms with van der Waals surface area (Å²) in [4.78, 5) is 20.7. The van der Waals surface area contributed by atoms with Crippen molar-refractivity contribution in [1.82, 2.24) is 14.8 Å². The van der Waals surface area contributed by atoms with Crippen molar-refractivity contribution in [3.05, 3.63) is 58.4 Å². The minimum atomic E-state index is -4.51. The molecule has 0 spiro atoms. The molecule has 0 radical (unpaired) electrons. The highest BCUT2D eigenvalue weighted by Crippen LogP contribution is 2.39. The number of pyridine rings is 1. The number of hydrogen-bond acceptors (Lipinski definition) is 5. The highest BCUT2D eigenvalue weighted by Gasteiger charge is 2.38. The van der Waals surface area contributed by atoms with Gasteiger partial charge in [-0.1, -0.05) is 6.07 Å². The zero-order valence-corrected chi connectivity index (χ0v) is 21.2. The van der Waals surface area contributed by atoms with Crippen LogP contribution >= 0.6 is 11.8 Å². The molecule has 2 fully saturated rings. The average Bonchev–Trinajstić information content (AvgIpc) is 2.85. The maximum Gasteiger partial charge on any atom is 0.433 e. The molecule has 1 aromatic carbocycles. The molecule has 1 aromatic heterocycles. The van der Waals surface area contributed by atoms with E-state index in [4.69, 9.17) is 4.74 Å². The van der Waals surface area contributed by atoms with Crippen molar-refractivity contribution in [2.45, 2.75) is 51.4 Å². The van der Waals surface area contributed by atoms with E-state index >= 15 is 0 Å². The van der Waals surface area contributed by atoms with Crippen molar-refractivity contribution in [2.75, 3.05) is 38.2 Å². The molecule has 0 N–H and O–H groups in total. The van der Waals surface area contributed by atoms with E-state index in [9.17, 15) is 18.0 Å². The fourth-order valence-corrected chi connectivity index (χ4v) is 5.46. The van der Waals surface area contributed by atoms with Crippen LogP contribution in [0.2, 0.25) is 0 Å². The number of carbonyl (C=O) groups excluding carboxylic acids is 1. The molecular weight excluding hydrogens is 475 g/mol. The zero-order valence-electron chi connectivity index (χ0n) is 20.4. The van der Waals surface area contributed by atoms with Crippen molar-refractivity contribution in [3.63, 3.8) is 0 Å². The Morgan fingerprint density at radius 3 is 2.63 bits per heavy atom. The number of carbonyl (C=O) groups is 1. The van der Waals surface area contributed by atoms with Crippen LogP contribution in [-0.2, 0) is 6.18 Å². The summed E-state index contributed by atoms with van der Waals surface area (Å²) in [6.07, 6.45) is 1.73. The second-order valence-electron chi connectivity index (χ2n) is 9.26. The van der Waals surface area contributed by atoms with E-state index in [1.807, 2.05) is 0 Å². The van der Waals surface area contributed by atoms with Crippen LogP contribution in [0, 0.1) is 13.8 Å². The fourth-order valence-electron chi connectivity index (χ4n) is 5.21. The molecule has 190 valence electrons. The Labute approximate surface area is 209 Å². The van der Waals surface area contributed by atoms with E-state index < -0.39 is 11.9 Å². The van der Waals surface area contributed by atoms with Crippen LogP contribution in [0.1, 0.15) is 58.0 Å². The second kappa shape index (κ2) is 10.8. The molecule has 1 amide bonds. The van der Waals surface area contributed by atoms with Gasteiger partial charge in [0, 0.05) is 43.7 Å². The van der Waals surface area contributed by atoms with Gasteiger partial charge in [-0.15, -0.1) is 0 Å². The lowest BCUT2D eigenvalue weighted by molar-refractivity contribution is -0.141. The Morgan fingerprint density at radius 2 is 1.94 bits per heavy atom. The molecule has 2 saturated heterocycles. The molecule has 0 saturated carbocycles. The minimum absolute atomic E-state index is 0.197. The van der Waals surface area contributed by atoms with Crippen LogP contribution in [0.15, 0.2) is 30.5 Å². The van der Waals surface area contributed by atoms with Crippen molar-refractivity contribution in [3.8, 4) is 5.75 Å². The van der Waals surface area contributed by atoms with Gasteiger partial charge in [0.2, 0.25) is 0 Å². The highest BCUT2D eigenvalue weighted by atomic mass is 32.2. The van der Waals surface area contributed by atoms with Crippen LogP contribution in [0.25, 0.3) is 0 Å². The second-order valence-corrected chi connectivity index (χ2v) is 10.2. The largest absolute Gasteiger partial charge is 0.492 e. The number of nitrogens with zero attached hydrogens (tertiary/aromatic N) is 3. The smallest absolute Gasteiger partial charge is 0.433 e. The molecule has 0 bridgehead atoms. The number of piperidine rings is 1. The summed E-state index contributed by atoms with van der Waals surface area (Å²) in [6.45, 7) is 6.82. The number of fused-ring (bicyclic) bond motifs is 1. The molecule has 3 heterocycles. The summed E-state index contributed by atoms with van der Waals surface area (Å²) in [5.74, 6) is 1.63. The summed E-state index contributed by atoms with van der Waals surface area (Å²) >= 11 is 1.76. The molecule has 0 aliphatic carbocycles. The van der Waals surface area contributed by atoms with Crippen molar-refractivity contribution >= 4 is 17.7 Å². The number of alkyl halides is 3. The third-order valence-corrected chi connectivity index (χ3v) is 7.79. The predicted octanol–water partition coefficient (Wildman–Crippen LogP) is 5.51. The molecule has 2 aromatic rings. The topological polar surface area (TPSA) is 45.7 Å². The number of aromatic nitrogens is 1. The Kier molecular flexibility index (Phi) is 7.96. The lowest BCUT2D eigenvalue weighted by Gasteiger charge is -2.48. The van der Waals surface area contributed by atoms with Crippen LogP contribution in [0.4, 0.5) is 13.2 Å². The Morgan fingerprint density at radius 1 is 1.14 bits per heavy atom. The molecule has 35 heavy (non-hydrogen) atoms. The van der Waals surface area contributed by atoms with Crippen molar-refractivity contribution in [1.29, 1.82) is 0 Å². The number of amides is 1. The van der Waals surface area contributed by atoms with E-state index in [2.05, 4.69) is 42.1 Å². The van der Waals surface area contributed by atoms with Crippen LogP contribution in [0.3, 0.4) is 0 Å². The molecule has 1 unspecified atom stereocenters. The summed E-state index contributed by atoms with van der Waals surface area (Å²) in [5.41, 5.74) is 2.96. The quantitative estimate of drug-likeness (QED) is 0.483. The fraction of sp³-hybridized carbons (Fsp3) is 0.538. The average molecular weight is 508 g/mol. The van der Waals surface area contributed by atoms with Gasteiger partial charge < -0.3 is 9.64 Å². The van der Waals surface area contributed by atoms with Gasteiger partial charge in [-0.2, -0.15) is 24.9 Å². The van der Waals surface area contributed by atoms with Crippen molar-refractivity contribution < 1.29 is 22.7 Å². The summed E-state index contributed by atoms with van der Waals surface area (Å²) in [6, 6.07) is 6.89. The maximum atomic E-state index is 13.0. The summed E-state index contributed by atoms with van der Waals surface area (Å²) in [5, 5.41) is 0. The first-order valence-electron chi connectivity index (χ1n) is 12.0. The van der Waals surface area contributed by atoms with Gasteiger partial charge in [-0.3, -0.25) is 14.7 Å². The van der Waals surface area contributed by atoms with E-state index in [1.54, 1.807) is 16.7 Å². The minimum Gasteiger partial charge on any atom is -0.492 e. The number of ether oxygens (including phenoxy) is 1. The molecule has 5 nitrogen and oxygen atoms in total. The molecule has 9 heteroatoms. The highest BCUT2D eigenvalue weighted by molar-refractivity contribution is 7.98. The lowest BCUT2D eigenvalue weighted by Crippen LogP contribution is -2.57. The molecular formula is C26H32F3N3O2S. The standard InChI is InChI=1S/C26H32F3N3O2S/c1-17-18(2)23(34-13-14-35-3)9-8-21(17)22-6-4-5-20-16-31(11-12-32(20)22)25(33)19-7-10-24(30-15-19)26(27,28)29/h7-10,15,20,22H,4-6,11-14,16H2,1-3H3/t20?,22-/m1/s1. The van der Waals surface area contributed by atoms with Gasteiger partial charge in [0.1, 0.15) is 11.4 Å². The monoisotopic (exact) mass is 507 g/mol. The predicted molar refractivity (Wildman–Crippen MR) is 132 cm³/mol. The van der Waals surface area contributed by atoms with Gasteiger partial charge in [0.05, 0.1) is 12.2 Å². The van der Waals surface area contributed by atoms with Gasteiger partial charge in [0.25, 0.3) is 5.91 Å². The summed E-state index contributed by atoms with van der Waals surface area (Å²) in [7, 11) is 0. The zero-order chi connectivity index (χ0) is 25.2. The number of hydrogen-bond donors (Lipinski definition) is 0. The van der Waals surface area contributed by atoms with Crippen LogP contribution in [0.5, 0.6) is 5.75 Å². The molecule has 2 aliphatic rings. The Bertz CT molecular complexity index is 1050. The normalized spacial score (nSPS) is 21.0. The SMILES string of the molecule is CSCCOc1ccc([C@H]2CCCC3CN(C(=O)c4ccc(C(F)(F)F)nc4)CCN32)c(C)c1C. The van der Waals surface area contributed by atoms with Gasteiger partial charge in [-0.05, 0) is 74.3 Å². The Hall–Kier alpha value is -2.26. The third kappa shape index (κ3) is 5.61. The van der Waals surface area contributed by atoms with Gasteiger partial charge >= 0.3 is 6.18 Å². The van der Waals surface area contributed by atoms with Gasteiger partial charge in [-0.25, -0.2) is 0 Å². The number of thioether (sulfide) groups is 1. The van der Waals surface area contributed by atoms with Crippen molar-refractivity contribution in [2.24, 2.45) is 0 Å². The first kappa shape index (κ1) is 25.8. The van der Waals surface area contributed by atoms with E-state index in [-0.39, 0.29) is 23.6 Å². The van der Waals surface area contributed by atoms with E-state index in [0.717, 1.165) is 49.6 Å². The first-order valence-corrected chi connectivity index (χ1v) is 13.4. The van der Waals surface area contributed by atoms with E-state index in [0.29, 0.717) is 19.7 Å². The number of halogens is 3. The molecule has 2 aliphatic heterocycles. The van der Waals surface area contributed by atoms with Crippen LogP contribution in [-0.4, -0.2) is 65.0 Å². The third-order valence-electron chi connectivity index (χ3n) is 7.21. The molecule has 4 rings (SSSR count). The number of benzene rings is 1. The number of rotatable bonds is 6. The van der Waals surface area contributed by atoms with Crippen LogP contribution < -0.4 is 4.74 Å². The maximum absolute atomic E-state index is 13.0. The number of piperazine rings is 1. The summed E-state index contributed by atoms with van der Waals surface area (Å²) < 4.78 is 44.4. The lowest BCUT2D eigenvalue weighted by atomic mass is 9.86.